The fourth-order valence-electron chi connectivity index (χ4n) is 2.28. The molecule has 0 fully saturated rings. The molecule has 132 valence electrons. The molecule has 2 aromatic carbocycles. The number of hydrogen-bond donors (Lipinski definition) is 2. The number of methoxy groups -OCH3 is 1. The Bertz CT molecular complexity index is 762. The third-order valence-corrected chi connectivity index (χ3v) is 4.10. The molecule has 6 heteroatoms. The summed E-state index contributed by atoms with van der Waals surface area (Å²) < 4.78 is 6.01. The van der Waals surface area contributed by atoms with Crippen LogP contribution in [0.15, 0.2) is 46.9 Å². The van der Waals surface area contributed by atoms with Crippen LogP contribution >= 0.6 is 15.9 Å². The predicted molar refractivity (Wildman–Crippen MR) is 102 cm³/mol. The van der Waals surface area contributed by atoms with Gasteiger partial charge in [-0.05, 0) is 42.8 Å². The molecule has 0 spiro atoms. The van der Waals surface area contributed by atoms with Gasteiger partial charge in [-0.15, -0.1) is 0 Å². The minimum atomic E-state index is -0.304. The Hall–Kier alpha value is -2.34. The number of halogens is 1. The summed E-state index contributed by atoms with van der Waals surface area (Å²) in [7, 11) is 1.52. The molecule has 0 heterocycles. The molecular weight excluding hydrogens is 384 g/mol. The van der Waals surface area contributed by atoms with Crippen LogP contribution in [-0.4, -0.2) is 25.5 Å². The van der Waals surface area contributed by atoms with Crippen LogP contribution in [0.4, 0.5) is 5.69 Å². The summed E-state index contributed by atoms with van der Waals surface area (Å²) in [4.78, 5) is 24.6. The molecule has 2 amide bonds. The van der Waals surface area contributed by atoms with Crippen molar-refractivity contribution in [2.45, 2.75) is 19.8 Å². The zero-order valence-corrected chi connectivity index (χ0v) is 15.9. The molecule has 0 atom stereocenters. The van der Waals surface area contributed by atoms with Gasteiger partial charge in [0.1, 0.15) is 5.75 Å². The van der Waals surface area contributed by atoms with Crippen molar-refractivity contribution in [2.24, 2.45) is 0 Å². The highest BCUT2D eigenvalue weighted by Crippen LogP contribution is 2.24. The van der Waals surface area contributed by atoms with Gasteiger partial charge in [0, 0.05) is 22.3 Å². The van der Waals surface area contributed by atoms with E-state index in [1.165, 1.54) is 7.11 Å². The van der Waals surface area contributed by atoms with Crippen molar-refractivity contribution in [2.75, 3.05) is 19.0 Å². The highest BCUT2D eigenvalue weighted by atomic mass is 79.9. The molecule has 2 aromatic rings. The standard InChI is InChI=1S/C19H21BrN2O3/c1-3-4-10-21-18(23)13-6-5-7-15(11-13)22-19(24)16-12-14(20)8-9-17(16)25-2/h5-9,11-12H,3-4,10H2,1-2H3,(H,21,23)(H,22,24). The molecule has 0 saturated carbocycles. The number of rotatable bonds is 7. The van der Waals surface area contributed by atoms with Gasteiger partial charge < -0.3 is 15.4 Å². The maximum Gasteiger partial charge on any atom is 0.259 e. The van der Waals surface area contributed by atoms with E-state index in [-0.39, 0.29) is 11.8 Å². The van der Waals surface area contributed by atoms with E-state index in [1.807, 2.05) is 0 Å². The lowest BCUT2D eigenvalue weighted by Crippen LogP contribution is -2.24. The second kappa shape index (κ2) is 9.22. The van der Waals surface area contributed by atoms with E-state index < -0.39 is 0 Å². The van der Waals surface area contributed by atoms with Gasteiger partial charge in [0.05, 0.1) is 12.7 Å². The van der Waals surface area contributed by atoms with Crippen LogP contribution in [0.25, 0.3) is 0 Å². The monoisotopic (exact) mass is 404 g/mol. The van der Waals surface area contributed by atoms with Crippen molar-refractivity contribution >= 4 is 33.4 Å². The summed E-state index contributed by atoms with van der Waals surface area (Å²) in [6.07, 6.45) is 1.95. The normalized spacial score (nSPS) is 10.2. The number of carbonyl (C=O) groups excluding carboxylic acids is 2. The average Bonchev–Trinajstić information content (AvgIpc) is 2.62. The molecule has 0 unspecified atom stereocenters. The summed E-state index contributed by atoms with van der Waals surface area (Å²) in [6.45, 7) is 2.71. The van der Waals surface area contributed by atoms with E-state index in [2.05, 4.69) is 33.5 Å². The Morgan fingerprint density at radius 3 is 2.64 bits per heavy atom. The van der Waals surface area contributed by atoms with Gasteiger partial charge in [0.15, 0.2) is 0 Å². The Labute approximate surface area is 155 Å². The topological polar surface area (TPSA) is 67.4 Å². The van der Waals surface area contributed by atoms with E-state index in [4.69, 9.17) is 4.74 Å². The van der Waals surface area contributed by atoms with Gasteiger partial charge >= 0.3 is 0 Å². The third-order valence-electron chi connectivity index (χ3n) is 3.60. The molecule has 0 aliphatic rings. The van der Waals surface area contributed by atoms with Crippen LogP contribution in [0.2, 0.25) is 0 Å². The maximum absolute atomic E-state index is 12.5. The molecule has 0 bridgehead atoms. The second-order valence-electron chi connectivity index (χ2n) is 5.49. The van der Waals surface area contributed by atoms with E-state index in [0.29, 0.717) is 29.1 Å². The second-order valence-corrected chi connectivity index (χ2v) is 6.40. The van der Waals surface area contributed by atoms with Gasteiger partial charge in [-0.2, -0.15) is 0 Å². The van der Waals surface area contributed by atoms with Crippen molar-refractivity contribution in [1.82, 2.24) is 5.32 Å². The first-order valence-electron chi connectivity index (χ1n) is 8.08. The third kappa shape index (κ3) is 5.32. The molecular formula is C19H21BrN2O3. The van der Waals surface area contributed by atoms with E-state index in [0.717, 1.165) is 17.3 Å². The SMILES string of the molecule is CCCCNC(=O)c1cccc(NC(=O)c2cc(Br)ccc2OC)c1. The van der Waals surface area contributed by atoms with Crippen molar-refractivity contribution < 1.29 is 14.3 Å². The van der Waals surface area contributed by atoms with Crippen molar-refractivity contribution in [1.29, 1.82) is 0 Å². The minimum Gasteiger partial charge on any atom is -0.496 e. The highest BCUT2D eigenvalue weighted by molar-refractivity contribution is 9.10. The molecule has 0 aliphatic heterocycles. The summed E-state index contributed by atoms with van der Waals surface area (Å²) in [5, 5.41) is 5.66. The van der Waals surface area contributed by atoms with Gasteiger partial charge in [0.2, 0.25) is 0 Å². The number of nitrogens with one attached hydrogen (secondary N) is 2. The summed E-state index contributed by atoms with van der Waals surface area (Å²) >= 11 is 3.35. The molecule has 25 heavy (non-hydrogen) atoms. The molecule has 2 rings (SSSR count). The summed E-state index contributed by atoms with van der Waals surface area (Å²) in [5.74, 6) is 0.0282. The fraction of sp³-hybridized carbons (Fsp3) is 0.263. The Balaban J connectivity index is 2.13. The lowest BCUT2D eigenvalue weighted by molar-refractivity contribution is 0.0951. The Morgan fingerprint density at radius 2 is 1.92 bits per heavy atom. The zero-order chi connectivity index (χ0) is 18.2. The molecule has 0 aromatic heterocycles. The minimum absolute atomic E-state index is 0.149. The van der Waals surface area contributed by atoms with Crippen molar-refractivity contribution in [3.05, 3.63) is 58.1 Å². The molecule has 0 aliphatic carbocycles. The van der Waals surface area contributed by atoms with Crippen LogP contribution in [0.3, 0.4) is 0 Å². The molecule has 2 N–H and O–H groups in total. The van der Waals surface area contributed by atoms with Crippen molar-refractivity contribution in [3.8, 4) is 5.75 Å². The van der Waals surface area contributed by atoms with Gasteiger partial charge in [-0.1, -0.05) is 35.3 Å². The number of hydrogen-bond acceptors (Lipinski definition) is 3. The van der Waals surface area contributed by atoms with E-state index in [9.17, 15) is 9.59 Å². The van der Waals surface area contributed by atoms with Gasteiger partial charge in [-0.25, -0.2) is 0 Å². The highest BCUT2D eigenvalue weighted by Gasteiger charge is 2.14. The number of benzene rings is 2. The number of unbranched alkanes of at least 4 members (excludes halogenated alkanes) is 1. The maximum atomic E-state index is 12.5. The van der Waals surface area contributed by atoms with Gasteiger partial charge in [-0.3, -0.25) is 9.59 Å². The summed E-state index contributed by atoms with van der Waals surface area (Å²) in [6, 6.07) is 12.1. The van der Waals surface area contributed by atoms with Crippen molar-refractivity contribution in [3.63, 3.8) is 0 Å². The van der Waals surface area contributed by atoms with Crippen LogP contribution < -0.4 is 15.4 Å². The largest absolute Gasteiger partial charge is 0.496 e. The lowest BCUT2D eigenvalue weighted by atomic mass is 10.1. The van der Waals surface area contributed by atoms with Gasteiger partial charge in [0.25, 0.3) is 11.8 Å². The number of carbonyl (C=O) groups is 2. The average molecular weight is 405 g/mol. The quantitative estimate of drug-likeness (QED) is 0.678. The first-order chi connectivity index (χ1) is 12.0. The number of amides is 2. The van der Waals surface area contributed by atoms with E-state index >= 15 is 0 Å². The first-order valence-corrected chi connectivity index (χ1v) is 8.87. The zero-order valence-electron chi connectivity index (χ0n) is 14.3. The molecule has 0 saturated heterocycles. The first kappa shape index (κ1) is 19.0. The number of anilines is 1. The molecule has 0 radical (unpaired) electrons. The van der Waals surface area contributed by atoms with E-state index in [1.54, 1.807) is 42.5 Å². The molecule has 5 nitrogen and oxygen atoms in total. The summed E-state index contributed by atoms with van der Waals surface area (Å²) in [5.41, 5.74) is 1.47. The number of ether oxygens (including phenoxy) is 1. The Kier molecular flexibility index (Phi) is 7.01. The smallest absolute Gasteiger partial charge is 0.259 e. The van der Waals surface area contributed by atoms with Crippen LogP contribution in [0.1, 0.15) is 40.5 Å². The predicted octanol–water partition coefficient (Wildman–Crippen LogP) is 4.24. The lowest BCUT2D eigenvalue weighted by Gasteiger charge is -2.11. The van der Waals surface area contributed by atoms with Crippen LogP contribution in [-0.2, 0) is 0 Å². The van der Waals surface area contributed by atoms with Crippen LogP contribution in [0, 0.1) is 0 Å². The fourth-order valence-corrected chi connectivity index (χ4v) is 2.64. The van der Waals surface area contributed by atoms with Crippen LogP contribution in [0.5, 0.6) is 5.75 Å². The Morgan fingerprint density at radius 1 is 1.12 bits per heavy atom.